The van der Waals surface area contributed by atoms with Crippen LogP contribution in [0.1, 0.15) is 52.4 Å². The Morgan fingerprint density at radius 3 is 2.89 bits per heavy atom. The summed E-state index contributed by atoms with van der Waals surface area (Å²) in [6.45, 7) is 4.35. The van der Waals surface area contributed by atoms with Crippen molar-refractivity contribution in [2.45, 2.75) is 58.5 Å². The number of rotatable bonds is 0. The second-order valence-corrected chi connectivity index (χ2v) is 6.91. The largest absolute Gasteiger partial charge is 0.393 e. The minimum atomic E-state index is -0.101. The van der Waals surface area contributed by atoms with Gasteiger partial charge in [-0.15, -0.1) is 0 Å². The lowest BCUT2D eigenvalue weighted by molar-refractivity contribution is -0.132. The summed E-state index contributed by atoms with van der Waals surface area (Å²) in [5.41, 5.74) is 1.27. The molecule has 2 saturated carbocycles. The van der Waals surface area contributed by atoms with Crippen LogP contribution < -0.4 is 0 Å². The lowest BCUT2D eigenvalue weighted by Gasteiger charge is -2.55. The molecule has 0 heterocycles. The van der Waals surface area contributed by atoms with Crippen molar-refractivity contribution in [1.82, 2.24) is 0 Å². The van der Waals surface area contributed by atoms with E-state index in [9.17, 15) is 9.90 Å². The number of hydrogen-bond acceptors (Lipinski definition) is 2. The smallest absolute Gasteiger partial charge is 0.161 e. The first kappa shape index (κ1) is 12.4. The molecule has 0 aromatic heterocycles. The molecule has 5 atom stereocenters. The molecule has 2 heteroatoms. The number of carbonyl (C=O) groups is 1. The van der Waals surface area contributed by atoms with Crippen molar-refractivity contribution >= 4 is 5.78 Å². The number of aliphatic hydroxyl groups excluding tert-OH is 1. The van der Waals surface area contributed by atoms with E-state index in [-0.39, 0.29) is 17.4 Å². The third-order valence-corrected chi connectivity index (χ3v) is 6.07. The minimum Gasteiger partial charge on any atom is -0.393 e. The second-order valence-electron chi connectivity index (χ2n) is 6.91. The molecule has 3 aliphatic carbocycles. The third-order valence-electron chi connectivity index (χ3n) is 6.07. The Labute approximate surface area is 109 Å². The molecule has 0 saturated heterocycles. The number of Topliss-reactive ketones (excluding diaryl/α,β-unsaturated/α-hetero) is 1. The quantitative estimate of drug-likeness (QED) is 0.715. The lowest BCUT2D eigenvalue weighted by atomic mass is 9.50. The number of allylic oxidation sites excluding steroid dienone is 2. The number of aliphatic hydroxyl groups is 1. The summed E-state index contributed by atoms with van der Waals surface area (Å²) in [4.78, 5) is 12.3. The summed E-state index contributed by atoms with van der Waals surface area (Å²) in [5, 5.41) is 9.87. The Balaban J connectivity index is 1.91. The molecule has 3 rings (SSSR count). The van der Waals surface area contributed by atoms with Crippen LogP contribution in [0.5, 0.6) is 0 Å². The van der Waals surface area contributed by atoms with Crippen LogP contribution in [-0.4, -0.2) is 17.0 Å². The molecule has 0 radical (unpaired) electrons. The van der Waals surface area contributed by atoms with Gasteiger partial charge >= 0.3 is 0 Å². The van der Waals surface area contributed by atoms with E-state index >= 15 is 0 Å². The molecular weight excluding hydrogens is 224 g/mol. The van der Waals surface area contributed by atoms with Crippen LogP contribution in [0.25, 0.3) is 0 Å². The van der Waals surface area contributed by atoms with Gasteiger partial charge in [0, 0.05) is 5.92 Å². The van der Waals surface area contributed by atoms with Crippen LogP contribution in [0.2, 0.25) is 0 Å². The Morgan fingerprint density at radius 2 is 2.11 bits per heavy atom. The van der Waals surface area contributed by atoms with Gasteiger partial charge in [-0.05, 0) is 68.3 Å². The molecule has 0 spiro atoms. The highest BCUT2D eigenvalue weighted by molar-refractivity contribution is 5.97. The molecule has 100 valence electrons. The summed E-state index contributed by atoms with van der Waals surface area (Å²) in [6, 6.07) is 0. The Bertz CT molecular complexity index is 398. The van der Waals surface area contributed by atoms with Gasteiger partial charge in [-0.3, -0.25) is 4.79 Å². The van der Waals surface area contributed by atoms with Crippen LogP contribution >= 0.6 is 0 Å². The topological polar surface area (TPSA) is 37.3 Å². The van der Waals surface area contributed by atoms with Crippen LogP contribution in [0.4, 0.5) is 0 Å². The zero-order valence-electron chi connectivity index (χ0n) is 11.5. The van der Waals surface area contributed by atoms with E-state index in [1.165, 1.54) is 0 Å². The number of hydrogen-bond donors (Lipinski definition) is 1. The molecule has 0 aromatic carbocycles. The molecule has 2 nitrogen and oxygen atoms in total. The molecule has 0 aromatic rings. The maximum atomic E-state index is 12.3. The average Bonchev–Trinajstić information content (AvgIpc) is 2.34. The normalized spacial score (nSPS) is 48.2. The van der Waals surface area contributed by atoms with Crippen molar-refractivity contribution in [2.75, 3.05) is 0 Å². The fourth-order valence-electron chi connectivity index (χ4n) is 4.82. The van der Waals surface area contributed by atoms with Crippen molar-refractivity contribution in [3.63, 3.8) is 0 Å². The summed E-state index contributed by atoms with van der Waals surface area (Å²) in [7, 11) is 0. The molecule has 0 bridgehead atoms. The molecule has 2 fully saturated rings. The van der Waals surface area contributed by atoms with E-state index in [2.05, 4.69) is 13.0 Å². The van der Waals surface area contributed by atoms with Crippen molar-refractivity contribution < 1.29 is 9.90 Å². The van der Waals surface area contributed by atoms with Crippen LogP contribution in [0.3, 0.4) is 0 Å². The summed E-state index contributed by atoms with van der Waals surface area (Å²) in [5.74, 6) is 1.82. The number of carbonyl (C=O) groups excluding carboxylic acids is 1. The minimum absolute atomic E-state index is 0.101. The van der Waals surface area contributed by atoms with E-state index < -0.39 is 0 Å². The fraction of sp³-hybridized carbons (Fsp3) is 0.812. The summed E-state index contributed by atoms with van der Waals surface area (Å²) >= 11 is 0. The predicted molar refractivity (Wildman–Crippen MR) is 71.0 cm³/mol. The van der Waals surface area contributed by atoms with Crippen LogP contribution in [-0.2, 0) is 4.79 Å². The molecule has 0 aliphatic heterocycles. The van der Waals surface area contributed by atoms with Gasteiger partial charge in [0.15, 0.2) is 5.78 Å². The van der Waals surface area contributed by atoms with E-state index in [1.54, 1.807) is 0 Å². The number of ketones is 1. The van der Waals surface area contributed by atoms with Gasteiger partial charge < -0.3 is 5.11 Å². The highest BCUT2D eigenvalue weighted by atomic mass is 16.3. The Morgan fingerprint density at radius 1 is 1.33 bits per heavy atom. The van der Waals surface area contributed by atoms with Gasteiger partial charge in [0.2, 0.25) is 0 Å². The number of fused-ring (bicyclic) bond motifs is 3. The molecule has 18 heavy (non-hydrogen) atoms. The van der Waals surface area contributed by atoms with Gasteiger partial charge in [0.25, 0.3) is 0 Å². The zero-order chi connectivity index (χ0) is 12.9. The fourth-order valence-corrected chi connectivity index (χ4v) is 4.82. The maximum absolute atomic E-state index is 12.3. The standard InChI is InChI=1S/C16H24O2/c1-10-3-6-14-13(15(10)18)5-4-11-9-12(17)7-8-16(11,14)2/h3,11-14,17H,4-9H2,1-2H3/t11-,12-,13+,14-,16-/m1/s1. The Kier molecular flexibility index (Phi) is 2.89. The van der Waals surface area contributed by atoms with Gasteiger partial charge in [-0.2, -0.15) is 0 Å². The van der Waals surface area contributed by atoms with E-state index in [1.807, 2.05) is 6.92 Å². The van der Waals surface area contributed by atoms with E-state index in [4.69, 9.17) is 0 Å². The van der Waals surface area contributed by atoms with Gasteiger partial charge in [0.05, 0.1) is 6.10 Å². The van der Waals surface area contributed by atoms with Crippen LogP contribution in [0.15, 0.2) is 11.6 Å². The third kappa shape index (κ3) is 1.69. The van der Waals surface area contributed by atoms with Crippen molar-refractivity contribution in [3.05, 3.63) is 11.6 Å². The zero-order valence-corrected chi connectivity index (χ0v) is 11.5. The first-order valence-electron chi connectivity index (χ1n) is 7.41. The van der Waals surface area contributed by atoms with Gasteiger partial charge in [0.1, 0.15) is 0 Å². The predicted octanol–water partition coefficient (Wildman–Crippen LogP) is 3.10. The highest BCUT2D eigenvalue weighted by Crippen LogP contribution is 2.57. The van der Waals surface area contributed by atoms with Crippen molar-refractivity contribution in [1.29, 1.82) is 0 Å². The van der Waals surface area contributed by atoms with E-state index in [0.717, 1.165) is 44.1 Å². The lowest BCUT2D eigenvalue weighted by Crippen LogP contribution is -2.50. The molecule has 0 unspecified atom stereocenters. The second kappa shape index (κ2) is 4.19. The molecule has 1 N–H and O–H groups in total. The van der Waals surface area contributed by atoms with Gasteiger partial charge in [-0.25, -0.2) is 0 Å². The summed E-state index contributed by atoms with van der Waals surface area (Å²) in [6.07, 6.45) is 8.28. The molecule has 0 amide bonds. The van der Waals surface area contributed by atoms with E-state index in [0.29, 0.717) is 17.6 Å². The molecular formula is C16H24O2. The first-order valence-corrected chi connectivity index (χ1v) is 7.41. The first-order chi connectivity index (χ1) is 8.52. The van der Waals surface area contributed by atoms with Crippen LogP contribution in [0, 0.1) is 23.2 Å². The monoisotopic (exact) mass is 248 g/mol. The van der Waals surface area contributed by atoms with Crippen molar-refractivity contribution in [3.8, 4) is 0 Å². The summed E-state index contributed by atoms with van der Waals surface area (Å²) < 4.78 is 0. The SMILES string of the molecule is CC1=CC[C@@H]2[C@H](CC[C@@H]3C[C@H](O)CC[C@]32C)C1=O. The maximum Gasteiger partial charge on any atom is 0.161 e. The average molecular weight is 248 g/mol. The van der Waals surface area contributed by atoms with Crippen molar-refractivity contribution in [2.24, 2.45) is 23.2 Å². The highest BCUT2D eigenvalue weighted by Gasteiger charge is 2.52. The molecule has 3 aliphatic rings. The Hall–Kier alpha value is -0.630. The van der Waals surface area contributed by atoms with Gasteiger partial charge in [-0.1, -0.05) is 13.0 Å².